The number of aliphatic hydroxyl groups is 1. The molecule has 0 saturated heterocycles. The van der Waals surface area contributed by atoms with Gasteiger partial charge in [-0.3, -0.25) is 0 Å². The van der Waals surface area contributed by atoms with Gasteiger partial charge in [0.05, 0.1) is 25.4 Å². The lowest BCUT2D eigenvalue weighted by Gasteiger charge is -2.45. The van der Waals surface area contributed by atoms with Crippen LogP contribution in [0, 0.1) is 11.3 Å². The Morgan fingerprint density at radius 1 is 1.12 bits per heavy atom. The summed E-state index contributed by atoms with van der Waals surface area (Å²) in [7, 11) is 4.99. The highest BCUT2D eigenvalue weighted by Gasteiger charge is 2.45. The highest BCUT2D eigenvalue weighted by atomic mass is 16.5. The zero-order valence-electron chi connectivity index (χ0n) is 12.1. The van der Waals surface area contributed by atoms with Crippen LogP contribution < -0.4 is 0 Å². The van der Waals surface area contributed by atoms with Crippen molar-refractivity contribution in [3.63, 3.8) is 0 Å². The van der Waals surface area contributed by atoms with E-state index < -0.39 is 5.41 Å². The van der Waals surface area contributed by atoms with Crippen molar-refractivity contribution in [2.75, 3.05) is 41.2 Å². The van der Waals surface area contributed by atoms with Crippen LogP contribution in [-0.2, 0) is 14.2 Å². The third kappa shape index (κ3) is 3.65. The van der Waals surface area contributed by atoms with Gasteiger partial charge in [0.25, 0.3) is 0 Å². The topological polar surface area (TPSA) is 47.9 Å². The minimum absolute atomic E-state index is 0.0226. The second-order valence-electron chi connectivity index (χ2n) is 4.98. The summed E-state index contributed by atoms with van der Waals surface area (Å²) in [5, 5.41) is 9.75. The van der Waals surface area contributed by atoms with Crippen LogP contribution in [0.15, 0.2) is 0 Å². The van der Waals surface area contributed by atoms with Gasteiger partial charge in [-0.1, -0.05) is 13.8 Å². The molecule has 0 saturated carbocycles. The average molecular weight is 248 g/mol. The molecule has 0 spiro atoms. The molecule has 0 bridgehead atoms. The maximum atomic E-state index is 9.75. The first-order chi connectivity index (χ1) is 7.96. The first kappa shape index (κ1) is 16.8. The molecule has 4 heteroatoms. The summed E-state index contributed by atoms with van der Waals surface area (Å²) in [6.45, 7) is 7.17. The Balaban J connectivity index is 5.13. The molecule has 0 heterocycles. The molecular weight excluding hydrogens is 220 g/mol. The van der Waals surface area contributed by atoms with Gasteiger partial charge in [-0.25, -0.2) is 0 Å². The predicted molar refractivity (Wildman–Crippen MR) is 68.1 cm³/mol. The predicted octanol–water partition coefficient (Wildman–Crippen LogP) is 1.71. The minimum Gasteiger partial charge on any atom is -0.396 e. The monoisotopic (exact) mass is 248 g/mol. The van der Waals surface area contributed by atoms with E-state index in [0.717, 1.165) is 6.42 Å². The van der Waals surface area contributed by atoms with E-state index in [1.807, 2.05) is 0 Å². The fourth-order valence-electron chi connectivity index (χ4n) is 2.37. The van der Waals surface area contributed by atoms with Crippen LogP contribution in [0.4, 0.5) is 0 Å². The smallest absolute Gasteiger partial charge is 0.0681 e. The van der Waals surface area contributed by atoms with Gasteiger partial charge in [0.1, 0.15) is 0 Å². The van der Waals surface area contributed by atoms with Gasteiger partial charge >= 0.3 is 0 Å². The van der Waals surface area contributed by atoms with Crippen LogP contribution in [-0.4, -0.2) is 51.9 Å². The van der Waals surface area contributed by atoms with Gasteiger partial charge in [-0.05, 0) is 19.3 Å². The maximum Gasteiger partial charge on any atom is 0.0681 e. The maximum absolute atomic E-state index is 9.75. The van der Waals surface area contributed by atoms with Crippen LogP contribution in [0.3, 0.4) is 0 Å². The normalized spacial score (nSPS) is 17.8. The number of hydrogen-bond acceptors (Lipinski definition) is 4. The van der Waals surface area contributed by atoms with E-state index in [1.54, 1.807) is 21.3 Å². The number of methoxy groups -OCH3 is 3. The van der Waals surface area contributed by atoms with Gasteiger partial charge < -0.3 is 19.3 Å². The summed E-state index contributed by atoms with van der Waals surface area (Å²) in [5.74, 6) is 0.120. The third-order valence-electron chi connectivity index (χ3n) is 4.18. The SMILES string of the molecule is CCC(C)(OC)C(C)C(CO)(COC)COC. The van der Waals surface area contributed by atoms with E-state index in [1.165, 1.54) is 0 Å². The van der Waals surface area contributed by atoms with Crippen molar-refractivity contribution >= 4 is 0 Å². The lowest BCUT2D eigenvalue weighted by Crippen LogP contribution is -2.51. The zero-order chi connectivity index (χ0) is 13.5. The summed E-state index contributed by atoms with van der Waals surface area (Å²) >= 11 is 0. The molecule has 0 radical (unpaired) electrons. The molecule has 0 aliphatic heterocycles. The molecule has 0 aliphatic carbocycles. The first-order valence-electron chi connectivity index (χ1n) is 6.10. The van der Waals surface area contributed by atoms with E-state index >= 15 is 0 Å². The van der Waals surface area contributed by atoms with Crippen molar-refractivity contribution in [2.45, 2.75) is 32.8 Å². The van der Waals surface area contributed by atoms with Gasteiger partial charge in [-0.2, -0.15) is 0 Å². The van der Waals surface area contributed by atoms with Crippen molar-refractivity contribution < 1.29 is 19.3 Å². The molecule has 17 heavy (non-hydrogen) atoms. The molecule has 2 unspecified atom stereocenters. The van der Waals surface area contributed by atoms with Crippen LogP contribution in [0.5, 0.6) is 0 Å². The Bertz CT molecular complexity index is 196. The Hall–Kier alpha value is -0.160. The molecule has 0 amide bonds. The molecule has 0 aromatic carbocycles. The number of aliphatic hydroxyl groups excluding tert-OH is 1. The lowest BCUT2D eigenvalue weighted by atomic mass is 9.69. The average Bonchev–Trinajstić information content (AvgIpc) is 2.36. The second kappa shape index (κ2) is 7.31. The Kier molecular flexibility index (Phi) is 7.24. The van der Waals surface area contributed by atoms with E-state index in [2.05, 4.69) is 20.8 Å². The summed E-state index contributed by atoms with van der Waals surface area (Å²) in [5.41, 5.74) is -0.718. The van der Waals surface area contributed by atoms with Crippen LogP contribution in [0.25, 0.3) is 0 Å². The number of rotatable bonds is 9. The molecule has 0 aromatic heterocycles. The van der Waals surface area contributed by atoms with E-state index in [4.69, 9.17) is 14.2 Å². The molecular formula is C13H28O4. The van der Waals surface area contributed by atoms with Crippen molar-refractivity contribution in [1.82, 2.24) is 0 Å². The van der Waals surface area contributed by atoms with Crippen LogP contribution >= 0.6 is 0 Å². The molecule has 0 aromatic rings. The van der Waals surface area contributed by atoms with E-state index in [0.29, 0.717) is 13.2 Å². The largest absolute Gasteiger partial charge is 0.396 e. The molecule has 104 valence electrons. The third-order valence-corrected chi connectivity index (χ3v) is 4.18. The van der Waals surface area contributed by atoms with Crippen molar-refractivity contribution in [3.05, 3.63) is 0 Å². The van der Waals surface area contributed by atoms with Crippen LogP contribution in [0.1, 0.15) is 27.2 Å². The van der Waals surface area contributed by atoms with Crippen molar-refractivity contribution in [2.24, 2.45) is 11.3 Å². The van der Waals surface area contributed by atoms with Gasteiger partial charge in [-0.15, -0.1) is 0 Å². The summed E-state index contributed by atoms with van der Waals surface area (Å²) in [4.78, 5) is 0. The summed E-state index contributed by atoms with van der Waals surface area (Å²) in [6, 6.07) is 0. The van der Waals surface area contributed by atoms with Gasteiger partial charge in [0, 0.05) is 26.7 Å². The molecule has 0 aliphatic rings. The quantitative estimate of drug-likeness (QED) is 0.675. The molecule has 1 N–H and O–H groups in total. The highest BCUT2D eigenvalue weighted by molar-refractivity contribution is 4.94. The summed E-state index contributed by atoms with van der Waals surface area (Å²) < 4.78 is 16.1. The Morgan fingerprint density at radius 3 is 1.82 bits per heavy atom. The van der Waals surface area contributed by atoms with Crippen molar-refractivity contribution in [3.8, 4) is 0 Å². The van der Waals surface area contributed by atoms with E-state index in [-0.39, 0.29) is 18.1 Å². The van der Waals surface area contributed by atoms with Gasteiger partial charge in [0.2, 0.25) is 0 Å². The molecule has 4 nitrogen and oxygen atoms in total. The van der Waals surface area contributed by atoms with Crippen LogP contribution in [0.2, 0.25) is 0 Å². The first-order valence-corrected chi connectivity index (χ1v) is 6.10. The second-order valence-corrected chi connectivity index (χ2v) is 4.98. The minimum atomic E-state index is -0.426. The van der Waals surface area contributed by atoms with Crippen molar-refractivity contribution in [1.29, 1.82) is 0 Å². The highest BCUT2D eigenvalue weighted by Crippen LogP contribution is 2.39. The molecule has 0 rings (SSSR count). The Morgan fingerprint density at radius 2 is 1.59 bits per heavy atom. The van der Waals surface area contributed by atoms with E-state index in [9.17, 15) is 5.11 Å². The number of hydrogen-bond donors (Lipinski definition) is 1. The fraction of sp³-hybridized carbons (Fsp3) is 1.00. The van der Waals surface area contributed by atoms with Gasteiger partial charge in [0.15, 0.2) is 0 Å². The Labute approximate surface area is 105 Å². The fourth-order valence-corrected chi connectivity index (χ4v) is 2.37. The lowest BCUT2D eigenvalue weighted by molar-refractivity contribution is -0.141. The number of ether oxygens (including phenoxy) is 3. The summed E-state index contributed by atoms with van der Waals surface area (Å²) in [6.07, 6.45) is 0.875. The zero-order valence-corrected chi connectivity index (χ0v) is 12.1. The standard InChI is InChI=1S/C13H28O4/c1-7-12(3,17-6)11(2)13(8-14,9-15-4)10-16-5/h11,14H,7-10H2,1-6H3. The molecule has 2 atom stereocenters. The molecule has 0 fully saturated rings.